The van der Waals surface area contributed by atoms with Crippen LogP contribution in [0.25, 0.3) is 17.4 Å². The number of aromatic carboxylic acids is 2. The van der Waals surface area contributed by atoms with Crippen LogP contribution in [0.1, 0.15) is 32.0 Å². The molecule has 1 aromatic heterocycles. The highest BCUT2D eigenvalue weighted by molar-refractivity contribution is 8.18. The molecule has 1 aliphatic rings. The van der Waals surface area contributed by atoms with E-state index in [2.05, 4.69) is 0 Å². The van der Waals surface area contributed by atoms with E-state index in [9.17, 15) is 29.4 Å². The van der Waals surface area contributed by atoms with Gasteiger partial charge in [-0.25, -0.2) is 9.59 Å². The molecule has 1 saturated heterocycles. The number of amides is 2. The van der Waals surface area contributed by atoms with E-state index in [0.29, 0.717) is 15.6 Å². The first kappa shape index (κ1) is 23.6. The lowest BCUT2D eigenvalue weighted by atomic mass is 10.0. The largest absolute Gasteiger partial charge is 0.478 e. The summed E-state index contributed by atoms with van der Waals surface area (Å²) < 4.78 is 5.68. The number of carbonyl (C=O) groups excluding carboxylic acids is 2. The summed E-state index contributed by atoms with van der Waals surface area (Å²) in [6, 6.07) is 11.5. The van der Waals surface area contributed by atoms with Gasteiger partial charge >= 0.3 is 11.9 Å². The predicted molar refractivity (Wildman–Crippen MR) is 126 cm³/mol. The maximum atomic E-state index is 12.8. The van der Waals surface area contributed by atoms with Crippen molar-refractivity contribution in [1.29, 1.82) is 0 Å². The zero-order valence-corrected chi connectivity index (χ0v) is 19.3. The van der Waals surface area contributed by atoms with Gasteiger partial charge in [-0.1, -0.05) is 29.3 Å². The van der Waals surface area contributed by atoms with Crippen LogP contribution >= 0.6 is 35.0 Å². The molecule has 34 heavy (non-hydrogen) atoms. The second kappa shape index (κ2) is 9.38. The summed E-state index contributed by atoms with van der Waals surface area (Å²) in [6.45, 7) is -0.0934. The van der Waals surface area contributed by atoms with Crippen molar-refractivity contribution in [3.63, 3.8) is 0 Å². The Kier molecular flexibility index (Phi) is 6.52. The molecule has 11 heteroatoms. The van der Waals surface area contributed by atoms with Crippen molar-refractivity contribution in [2.24, 2.45) is 0 Å². The van der Waals surface area contributed by atoms with Crippen LogP contribution in [0.4, 0.5) is 4.79 Å². The van der Waals surface area contributed by atoms with E-state index in [4.69, 9.17) is 27.6 Å². The van der Waals surface area contributed by atoms with Crippen LogP contribution in [-0.4, -0.2) is 38.2 Å². The summed E-state index contributed by atoms with van der Waals surface area (Å²) in [7, 11) is 0. The molecule has 2 N–H and O–H groups in total. The molecular weight excluding hydrogens is 505 g/mol. The number of hydrogen-bond donors (Lipinski definition) is 2. The lowest BCUT2D eigenvalue weighted by Crippen LogP contribution is -2.27. The molecule has 2 aromatic carbocycles. The molecular formula is C23H13Cl2NO7S. The van der Waals surface area contributed by atoms with Crippen molar-refractivity contribution >= 4 is 64.1 Å². The zero-order chi connectivity index (χ0) is 24.6. The van der Waals surface area contributed by atoms with E-state index in [1.54, 1.807) is 18.2 Å². The average molecular weight is 518 g/mol. The second-order valence-electron chi connectivity index (χ2n) is 7.08. The van der Waals surface area contributed by atoms with Crippen LogP contribution in [0, 0.1) is 0 Å². The van der Waals surface area contributed by atoms with Gasteiger partial charge < -0.3 is 14.6 Å². The van der Waals surface area contributed by atoms with E-state index in [1.165, 1.54) is 30.3 Å². The molecule has 2 amide bonds. The highest BCUT2D eigenvalue weighted by Crippen LogP contribution is 2.36. The van der Waals surface area contributed by atoms with Gasteiger partial charge in [-0.3, -0.25) is 14.5 Å². The van der Waals surface area contributed by atoms with Gasteiger partial charge in [0, 0.05) is 27.2 Å². The van der Waals surface area contributed by atoms with Crippen molar-refractivity contribution in [3.05, 3.63) is 85.9 Å². The Hall–Kier alpha value is -3.53. The van der Waals surface area contributed by atoms with E-state index in [0.717, 1.165) is 22.7 Å². The van der Waals surface area contributed by atoms with Crippen molar-refractivity contribution in [3.8, 4) is 11.3 Å². The van der Waals surface area contributed by atoms with Crippen LogP contribution in [0.3, 0.4) is 0 Å². The molecule has 2 heterocycles. The lowest BCUT2D eigenvalue weighted by Gasteiger charge is -2.14. The summed E-state index contributed by atoms with van der Waals surface area (Å²) in [4.78, 5) is 49.1. The maximum Gasteiger partial charge on any atom is 0.335 e. The number of carbonyl (C=O) groups is 4. The smallest absolute Gasteiger partial charge is 0.335 e. The van der Waals surface area contributed by atoms with Gasteiger partial charge in [0.05, 0.1) is 22.6 Å². The Morgan fingerprint density at radius 1 is 0.971 bits per heavy atom. The van der Waals surface area contributed by atoms with Crippen LogP contribution in [0.2, 0.25) is 10.0 Å². The number of carboxylic acids is 2. The van der Waals surface area contributed by atoms with Crippen molar-refractivity contribution in [1.82, 2.24) is 4.90 Å². The second-order valence-corrected chi connectivity index (χ2v) is 8.89. The molecule has 4 rings (SSSR count). The van der Waals surface area contributed by atoms with E-state index < -0.39 is 23.1 Å². The predicted octanol–water partition coefficient (Wildman–Crippen LogP) is 5.89. The summed E-state index contributed by atoms with van der Waals surface area (Å²) in [5, 5.41) is 18.7. The number of benzene rings is 2. The molecule has 172 valence electrons. The van der Waals surface area contributed by atoms with Gasteiger partial charge in [-0.2, -0.15) is 0 Å². The number of carboxylic acid groups (broad SMARTS) is 2. The van der Waals surface area contributed by atoms with Gasteiger partial charge in [-0.05, 0) is 54.2 Å². The highest BCUT2D eigenvalue weighted by atomic mass is 35.5. The third kappa shape index (κ3) is 4.72. The summed E-state index contributed by atoms with van der Waals surface area (Å²) >= 11 is 13.0. The van der Waals surface area contributed by atoms with E-state index in [-0.39, 0.29) is 39.7 Å². The number of furan rings is 1. The number of thioether (sulfide) groups is 1. The zero-order valence-electron chi connectivity index (χ0n) is 17.0. The molecule has 0 radical (unpaired) electrons. The molecule has 1 aliphatic heterocycles. The molecule has 0 unspecified atom stereocenters. The summed E-state index contributed by atoms with van der Waals surface area (Å²) in [5.41, 5.74) is 0.250. The third-order valence-corrected chi connectivity index (χ3v) is 6.48. The number of halogens is 2. The molecule has 0 aliphatic carbocycles. The minimum atomic E-state index is -1.29. The van der Waals surface area contributed by atoms with Gasteiger partial charge in [0.2, 0.25) is 0 Å². The van der Waals surface area contributed by atoms with Crippen LogP contribution in [0.15, 0.2) is 57.9 Å². The number of hydrogen-bond acceptors (Lipinski definition) is 6. The Bertz CT molecular complexity index is 1340. The minimum Gasteiger partial charge on any atom is -0.478 e. The fourth-order valence-corrected chi connectivity index (χ4v) is 4.54. The first-order valence-electron chi connectivity index (χ1n) is 9.54. The molecule has 0 saturated carbocycles. The Morgan fingerprint density at radius 3 is 2.18 bits per heavy atom. The Morgan fingerprint density at radius 2 is 1.59 bits per heavy atom. The van der Waals surface area contributed by atoms with E-state index >= 15 is 0 Å². The standard InChI is InChI=1S/C23H13Cl2NO7S/c24-16-2-1-3-17(25)15(16)10-26-20(27)19(34-23(26)32)9-14-4-5-18(33-14)11-6-12(21(28)29)8-13(7-11)22(30)31/h1-9H,10H2,(H,28,29)(H,30,31)/b19-9+. The van der Waals surface area contributed by atoms with Crippen molar-refractivity contribution < 1.29 is 33.8 Å². The Balaban J connectivity index is 1.61. The third-order valence-electron chi connectivity index (χ3n) is 4.86. The minimum absolute atomic E-state index is 0.0934. The molecule has 0 bridgehead atoms. The van der Waals surface area contributed by atoms with Crippen LogP contribution in [0.5, 0.6) is 0 Å². The molecule has 0 atom stereocenters. The fraction of sp³-hybridized carbons (Fsp3) is 0.0435. The normalized spacial score (nSPS) is 14.8. The van der Waals surface area contributed by atoms with E-state index in [1.807, 2.05) is 0 Å². The number of rotatable bonds is 6. The highest BCUT2D eigenvalue weighted by Gasteiger charge is 2.36. The van der Waals surface area contributed by atoms with Crippen molar-refractivity contribution in [2.45, 2.75) is 6.54 Å². The number of nitrogens with zero attached hydrogens (tertiary/aromatic N) is 1. The number of imide groups is 1. The van der Waals surface area contributed by atoms with Crippen molar-refractivity contribution in [2.75, 3.05) is 0 Å². The molecule has 8 nitrogen and oxygen atoms in total. The summed E-state index contributed by atoms with van der Waals surface area (Å²) in [6.07, 6.45) is 1.38. The lowest BCUT2D eigenvalue weighted by molar-refractivity contribution is -0.123. The molecule has 3 aromatic rings. The van der Waals surface area contributed by atoms with Gasteiger partial charge in [0.1, 0.15) is 11.5 Å². The average Bonchev–Trinajstić information content (AvgIpc) is 3.35. The summed E-state index contributed by atoms with van der Waals surface area (Å²) in [5.74, 6) is -2.72. The van der Waals surface area contributed by atoms with Gasteiger partial charge in [-0.15, -0.1) is 0 Å². The monoisotopic (exact) mass is 517 g/mol. The fourth-order valence-electron chi connectivity index (χ4n) is 3.21. The first-order chi connectivity index (χ1) is 16.1. The first-order valence-corrected chi connectivity index (χ1v) is 11.1. The SMILES string of the molecule is O=C(O)c1cc(C(=O)O)cc(-c2ccc(/C=C3/SC(=O)N(Cc4c(Cl)cccc4Cl)C3=O)o2)c1. The topological polar surface area (TPSA) is 125 Å². The maximum absolute atomic E-state index is 12.8. The van der Waals surface area contributed by atoms with Crippen LogP contribution < -0.4 is 0 Å². The van der Waals surface area contributed by atoms with Gasteiger partial charge in [0.15, 0.2) is 0 Å². The van der Waals surface area contributed by atoms with Crippen LogP contribution in [-0.2, 0) is 11.3 Å². The van der Waals surface area contributed by atoms with Gasteiger partial charge in [0.25, 0.3) is 11.1 Å². The quantitative estimate of drug-likeness (QED) is 0.387. The molecule has 0 spiro atoms. The Labute approximate surface area is 206 Å². The molecule has 1 fully saturated rings.